The van der Waals surface area contributed by atoms with E-state index in [0.717, 1.165) is 18.4 Å². The van der Waals surface area contributed by atoms with E-state index < -0.39 is 28.9 Å². The lowest BCUT2D eigenvalue weighted by molar-refractivity contribution is -0.0822. The predicted octanol–water partition coefficient (Wildman–Crippen LogP) is 7.53. The summed E-state index contributed by atoms with van der Waals surface area (Å²) in [5, 5.41) is 21.4. The van der Waals surface area contributed by atoms with E-state index in [0.29, 0.717) is 0 Å². The summed E-state index contributed by atoms with van der Waals surface area (Å²) >= 11 is 0. The molecule has 2 N–H and O–H groups in total. The van der Waals surface area contributed by atoms with Gasteiger partial charge in [-0.05, 0) is 44.6 Å². The van der Waals surface area contributed by atoms with Gasteiger partial charge in [0.2, 0.25) is 0 Å². The van der Waals surface area contributed by atoms with Gasteiger partial charge in [0.05, 0.1) is 6.61 Å². The summed E-state index contributed by atoms with van der Waals surface area (Å²) in [6.45, 7) is 13.8. The van der Waals surface area contributed by atoms with Gasteiger partial charge in [0.15, 0.2) is 0 Å². The largest absolute Gasteiger partial charge is 0.465 e. The maximum atomic E-state index is 12.2. The average molecular weight is 454 g/mol. The molecule has 1 unspecified atom stereocenters. The molecule has 0 aromatic rings. The summed E-state index contributed by atoms with van der Waals surface area (Å²) < 4.78 is 5.90. The van der Waals surface area contributed by atoms with Crippen LogP contribution in [-0.2, 0) is 4.74 Å². The van der Waals surface area contributed by atoms with Crippen LogP contribution < -0.4 is 0 Å². The Kier molecular flexibility index (Phi) is 11.7. The molecule has 1 rings (SSSR count). The first-order valence-electron chi connectivity index (χ1n) is 12.9. The van der Waals surface area contributed by atoms with E-state index in [1.54, 1.807) is 13.8 Å². The summed E-state index contributed by atoms with van der Waals surface area (Å²) in [7, 11) is 0. The fourth-order valence-electron chi connectivity index (χ4n) is 5.09. The molecule has 1 fully saturated rings. The van der Waals surface area contributed by atoms with E-state index in [1.807, 2.05) is 27.7 Å². The first-order valence-corrected chi connectivity index (χ1v) is 12.9. The normalized spacial score (nSPS) is 22.4. The van der Waals surface area contributed by atoms with Crippen LogP contribution in [0.25, 0.3) is 0 Å². The maximum absolute atomic E-state index is 12.2. The molecule has 1 amide bonds. The van der Waals surface area contributed by atoms with Gasteiger partial charge in [0, 0.05) is 0 Å². The number of rotatable bonds is 14. The van der Waals surface area contributed by atoms with Crippen LogP contribution in [0.2, 0.25) is 0 Å². The molecule has 0 aliphatic carbocycles. The minimum absolute atomic E-state index is 0.181. The Bertz CT molecular complexity index is 593. The lowest BCUT2D eigenvalue weighted by atomic mass is 9.67. The second-order valence-corrected chi connectivity index (χ2v) is 11.2. The van der Waals surface area contributed by atoms with E-state index in [2.05, 4.69) is 13.0 Å². The second kappa shape index (κ2) is 13.0. The zero-order valence-electron chi connectivity index (χ0n) is 22.0. The number of ether oxygens (including phenoxy) is 1. The van der Waals surface area contributed by atoms with E-state index in [1.165, 1.54) is 69.1 Å². The first-order chi connectivity index (χ1) is 14.9. The number of nitrogens with zero attached hydrogens (tertiary/aromatic N) is 1. The quantitative estimate of drug-likeness (QED) is 0.211. The van der Waals surface area contributed by atoms with E-state index >= 15 is 0 Å². The average Bonchev–Trinajstić information content (AvgIpc) is 3.00. The number of carboxylic acid groups (broad SMARTS) is 1. The lowest BCUT2D eigenvalue weighted by Crippen LogP contribution is -2.67. The van der Waals surface area contributed by atoms with Crippen LogP contribution in [0, 0.1) is 5.41 Å². The zero-order valence-corrected chi connectivity index (χ0v) is 22.0. The Morgan fingerprint density at radius 1 is 1.00 bits per heavy atom. The van der Waals surface area contributed by atoms with Crippen LogP contribution in [0.3, 0.4) is 0 Å². The number of hydrogen-bond acceptors (Lipinski definition) is 3. The van der Waals surface area contributed by atoms with Crippen LogP contribution in [0.1, 0.15) is 126 Å². The van der Waals surface area contributed by atoms with Crippen molar-refractivity contribution in [3.63, 3.8) is 0 Å². The van der Waals surface area contributed by atoms with Crippen molar-refractivity contribution in [2.45, 2.75) is 143 Å². The van der Waals surface area contributed by atoms with Crippen LogP contribution in [-0.4, -0.2) is 45.2 Å². The van der Waals surface area contributed by atoms with Gasteiger partial charge < -0.3 is 14.9 Å². The molecule has 1 heterocycles. The molecule has 1 aliphatic heterocycles. The highest BCUT2D eigenvalue weighted by Gasteiger charge is 2.63. The molecule has 5 heteroatoms. The molecule has 0 aromatic carbocycles. The smallest absolute Gasteiger partial charge is 0.410 e. The number of amides is 1. The molecule has 0 bridgehead atoms. The fraction of sp³-hybridized carbons (Fsp3) is 0.889. The zero-order chi connectivity index (χ0) is 24.4. The van der Waals surface area contributed by atoms with Gasteiger partial charge in [0.25, 0.3) is 0 Å². The molecule has 1 aliphatic rings. The summed E-state index contributed by atoms with van der Waals surface area (Å²) in [6.07, 6.45) is 15.5. The van der Waals surface area contributed by atoms with Crippen LogP contribution in [0.15, 0.2) is 11.6 Å². The molecule has 2 atom stereocenters. The van der Waals surface area contributed by atoms with Crippen molar-refractivity contribution in [3.05, 3.63) is 11.6 Å². The van der Waals surface area contributed by atoms with E-state index in [4.69, 9.17) is 4.74 Å². The molecule has 0 radical (unpaired) electrons. The molecule has 32 heavy (non-hydrogen) atoms. The number of carbonyl (C=O) groups is 1. The topological polar surface area (TPSA) is 70.0 Å². The Morgan fingerprint density at radius 3 is 1.91 bits per heavy atom. The van der Waals surface area contributed by atoms with Crippen LogP contribution in [0.5, 0.6) is 0 Å². The van der Waals surface area contributed by atoms with Gasteiger partial charge in [-0.3, -0.25) is 4.90 Å². The minimum Gasteiger partial charge on any atom is -0.465 e. The molecule has 1 saturated heterocycles. The van der Waals surface area contributed by atoms with Gasteiger partial charge in [-0.2, -0.15) is 0 Å². The lowest BCUT2D eigenvalue weighted by Gasteiger charge is -2.51. The van der Waals surface area contributed by atoms with Crippen molar-refractivity contribution in [1.29, 1.82) is 0 Å². The third-order valence-corrected chi connectivity index (χ3v) is 7.23. The Morgan fingerprint density at radius 2 is 1.47 bits per heavy atom. The highest BCUT2D eigenvalue weighted by atomic mass is 16.5. The minimum atomic E-state index is -1.06. The SMILES string of the molecule is CCCCCCCCCCCCCC=C(C)[C@@H](O)C1(C(C)(C)C)COC(C)(C)N1C(=O)O. The predicted molar refractivity (Wildman–Crippen MR) is 133 cm³/mol. The highest BCUT2D eigenvalue weighted by molar-refractivity contribution is 5.68. The van der Waals surface area contributed by atoms with Crippen molar-refractivity contribution >= 4 is 6.09 Å². The fourth-order valence-corrected chi connectivity index (χ4v) is 5.09. The number of aliphatic hydroxyl groups is 1. The monoisotopic (exact) mass is 453 g/mol. The van der Waals surface area contributed by atoms with Crippen LogP contribution in [0.4, 0.5) is 4.79 Å². The number of allylic oxidation sites excluding steroid dienone is 1. The summed E-state index contributed by atoms with van der Waals surface area (Å²) in [5.41, 5.74) is -1.67. The molecule has 0 spiro atoms. The van der Waals surface area contributed by atoms with Crippen molar-refractivity contribution in [1.82, 2.24) is 4.90 Å². The molecule has 0 aromatic heterocycles. The van der Waals surface area contributed by atoms with Crippen molar-refractivity contribution in [2.24, 2.45) is 5.41 Å². The van der Waals surface area contributed by atoms with Crippen molar-refractivity contribution in [2.75, 3.05) is 6.61 Å². The number of hydrogen-bond donors (Lipinski definition) is 2. The highest BCUT2D eigenvalue weighted by Crippen LogP contribution is 2.49. The third-order valence-electron chi connectivity index (χ3n) is 7.23. The Balaban J connectivity index is 2.55. The number of unbranched alkanes of at least 4 members (excludes halogenated alkanes) is 11. The van der Waals surface area contributed by atoms with E-state index in [-0.39, 0.29) is 6.61 Å². The molecular weight excluding hydrogens is 402 g/mol. The third kappa shape index (κ3) is 7.48. The standard InChI is InChI=1S/C27H51NO4/c1-8-9-10-11-12-13-14-15-16-17-18-19-20-22(2)23(29)27(25(3,4)5)21-32-26(6,7)28(27)24(30)31/h20,23,29H,8-19,21H2,1-7H3,(H,30,31)/t23-,27?/m1/s1. The summed E-state index contributed by atoms with van der Waals surface area (Å²) in [5.74, 6) is 0. The second-order valence-electron chi connectivity index (χ2n) is 11.2. The Labute approximate surface area is 197 Å². The van der Waals surface area contributed by atoms with Crippen molar-refractivity contribution < 1.29 is 19.7 Å². The van der Waals surface area contributed by atoms with Gasteiger partial charge in [-0.1, -0.05) is 98.0 Å². The summed E-state index contributed by atoms with van der Waals surface area (Å²) in [4.78, 5) is 13.5. The molecular formula is C27H51NO4. The summed E-state index contributed by atoms with van der Waals surface area (Å²) in [6, 6.07) is 0. The molecule has 188 valence electrons. The number of aliphatic hydroxyl groups excluding tert-OH is 1. The molecule has 5 nitrogen and oxygen atoms in total. The maximum Gasteiger partial charge on any atom is 0.410 e. The first kappa shape index (κ1) is 29.0. The molecule has 0 saturated carbocycles. The van der Waals surface area contributed by atoms with Gasteiger partial charge in [-0.15, -0.1) is 0 Å². The van der Waals surface area contributed by atoms with E-state index in [9.17, 15) is 15.0 Å². The van der Waals surface area contributed by atoms with Gasteiger partial charge >= 0.3 is 6.09 Å². The van der Waals surface area contributed by atoms with Crippen molar-refractivity contribution in [3.8, 4) is 0 Å². The van der Waals surface area contributed by atoms with Gasteiger partial charge in [-0.25, -0.2) is 4.79 Å². The Hall–Kier alpha value is -1.07. The van der Waals surface area contributed by atoms with Crippen LogP contribution >= 0.6 is 0 Å². The van der Waals surface area contributed by atoms with Gasteiger partial charge in [0.1, 0.15) is 17.4 Å².